The van der Waals surface area contributed by atoms with Gasteiger partial charge in [-0.1, -0.05) is 31.9 Å². The van der Waals surface area contributed by atoms with Gasteiger partial charge < -0.3 is 9.84 Å². The number of ether oxygens (including phenoxy) is 1. The third kappa shape index (κ3) is 3.68. The molecule has 3 atom stereocenters. The van der Waals surface area contributed by atoms with Crippen LogP contribution in [0.4, 0.5) is 0 Å². The summed E-state index contributed by atoms with van der Waals surface area (Å²) in [6.07, 6.45) is 7.46. The minimum absolute atomic E-state index is 0.0313. The predicted octanol–water partition coefficient (Wildman–Crippen LogP) is 3.32. The van der Waals surface area contributed by atoms with Crippen LogP contribution in [0.15, 0.2) is 24.8 Å². The summed E-state index contributed by atoms with van der Waals surface area (Å²) in [5.41, 5.74) is 0.931. The normalized spacial score (nSPS) is 22.8. The molecule has 1 fully saturated rings. The van der Waals surface area contributed by atoms with Gasteiger partial charge in [0.05, 0.1) is 12.2 Å². The Morgan fingerprint density at radius 1 is 1.35 bits per heavy atom. The monoisotopic (exact) mass is 238 g/mol. The first-order valence-corrected chi connectivity index (χ1v) is 6.64. The number of rotatable bonds is 6. The van der Waals surface area contributed by atoms with Crippen molar-refractivity contribution in [3.8, 4) is 0 Å². The van der Waals surface area contributed by atoms with Crippen molar-refractivity contribution in [3.63, 3.8) is 0 Å². The fraction of sp³-hybridized carbons (Fsp3) is 0.733. The van der Waals surface area contributed by atoms with Gasteiger partial charge in [-0.15, -0.1) is 6.58 Å². The van der Waals surface area contributed by atoms with Crippen LogP contribution < -0.4 is 0 Å². The van der Waals surface area contributed by atoms with E-state index in [0.29, 0.717) is 5.92 Å². The van der Waals surface area contributed by atoms with Gasteiger partial charge in [0.15, 0.2) is 0 Å². The number of aliphatic hydroxyl groups excluding tert-OH is 1. The smallest absolute Gasteiger partial charge is 0.0757 e. The average molecular weight is 238 g/mol. The van der Waals surface area contributed by atoms with Gasteiger partial charge >= 0.3 is 0 Å². The Balaban J connectivity index is 2.65. The minimum Gasteiger partial charge on any atom is -0.392 e. The molecule has 0 radical (unpaired) electrons. The van der Waals surface area contributed by atoms with Crippen LogP contribution in [0.1, 0.15) is 39.0 Å². The van der Waals surface area contributed by atoms with E-state index in [9.17, 15) is 5.11 Å². The molecule has 2 heteroatoms. The molecule has 17 heavy (non-hydrogen) atoms. The lowest BCUT2D eigenvalue weighted by molar-refractivity contribution is 0.0484. The Kier molecular flexibility index (Phi) is 5.93. The third-order valence-electron chi connectivity index (χ3n) is 4.06. The van der Waals surface area contributed by atoms with E-state index in [1.165, 1.54) is 19.3 Å². The molecule has 0 heterocycles. The molecule has 2 nitrogen and oxygen atoms in total. The van der Waals surface area contributed by atoms with Crippen molar-refractivity contribution in [1.29, 1.82) is 0 Å². The van der Waals surface area contributed by atoms with Crippen LogP contribution in [0.25, 0.3) is 0 Å². The van der Waals surface area contributed by atoms with Crippen LogP contribution >= 0.6 is 0 Å². The van der Waals surface area contributed by atoms with Crippen molar-refractivity contribution in [1.82, 2.24) is 0 Å². The largest absolute Gasteiger partial charge is 0.392 e. The van der Waals surface area contributed by atoms with Gasteiger partial charge in [-0.3, -0.25) is 0 Å². The summed E-state index contributed by atoms with van der Waals surface area (Å²) in [5, 5.41) is 10.5. The highest BCUT2D eigenvalue weighted by Gasteiger charge is 2.30. The van der Waals surface area contributed by atoms with Crippen LogP contribution in [0, 0.1) is 11.8 Å². The average Bonchev–Trinajstić information content (AvgIpc) is 2.39. The first kappa shape index (κ1) is 14.5. The summed E-state index contributed by atoms with van der Waals surface area (Å²) in [5.74, 6) is 0.348. The summed E-state index contributed by atoms with van der Waals surface area (Å²) in [7, 11) is 1.67. The third-order valence-corrected chi connectivity index (χ3v) is 4.06. The van der Waals surface area contributed by atoms with Crippen molar-refractivity contribution < 1.29 is 9.84 Å². The quantitative estimate of drug-likeness (QED) is 0.719. The van der Waals surface area contributed by atoms with Gasteiger partial charge in [-0.2, -0.15) is 0 Å². The molecule has 98 valence electrons. The highest BCUT2D eigenvalue weighted by Crippen LogP contribution is 2.33. The molecule has 1 N–H and O–H groups in total. The van der Waals surface area contributed by atoms with E-state index in [2.05, 4.69) is 13.2 Å². The summed E-state index contributed by atoms with van der Waals surface area (Å²) in [6.45, 7) is 9.86. The minimum atomic E-state index is -0.349. The highest BCUT2D eigenvalue weighted by molar-refractivity contribution is 5.15. The van der Waals surface area contributed by atoms with Gasteiger partial charge in [-0.25, -0.2) is 0 Å². The summed E-state index contributed by atoms with van der Waals surface area (Å²) in [4.78, 5) is 0. The number of hydrogen-bond acceptors (Lipinski definition) is 2. The number of aliphatic hydroxyl groups is 1. The molecule has 0 aliphatic heterocycles. The maximum atomic E-state index is 10.5. The van der Waals surface area contributed by atoms with E-state index in [0.717, 1.165) is 18.4 Å². The van der Waals surface area contributed by atoms with Crippen molar-refractivity contribution in [2.75, 3.05) is 7.11 Å². The van der Waals surface area contributed by atoms with Gasteiger partial charge in [0, 0.05) is 13.0 Å². The van der Waals surface area contributed by atoms with E-state index < -0.39 is 0 Å². The molecule has 0 aromatic carbocycles. The van der Waals surface area contributed by atoms with Gasteiger partial charge in [0.2, 0.25) is 0 Å². The van der Waals surface area contributed by atoms with Crippen LogP contribution in [-0.2, 0) is 4.74 Å². The van der Waals surface area contributed by atoms with Crippen molar-refractivity contribution in [2.24, 2.45) is 11.8 Å². The zero-order chi connectivity index (χ0) is 12.8. The molecule has 1 aliphatic carbocycles. The first-order valence-electron chi connectivity index (χ1n) is 6.64. The fourth-order valence-electron chi connectivity index (χ4n) is 2.70. The SMILES string of the molecule is C=C[C@H](C(=C)[C@@H](C)OC)[C@H](O)C1CCCCC1. The van der Waals surface area contributed by atoms with Crippen molar-refractivity contribution in [3.05, 3.63) is 24.8 Å². The first-order chi connectivity index (χ1) is 8.11. The lowest BCUT2D eigenvalue weighted by Gasteiger charge is -2.33. The maximum absolute atomic E-state index is 10.5. The molecule has 1 saturated carbocycles. The molecule has 0 amide bonds. The Morgan fingerprint density at radius 3 is 2.41 bits per heavy atom. The highest BCUT2D eigenvalue weighted by atomic mass is 16.5. The van der Waals surface area contributed by atoms with Gasteiger partial charge in [-0.05, 0) is 31.3 Å². The van der Waals surface area contributed by atoms with Crippen molar-refractivity contribution in [2.45, 2.75) is 51.2 Å². The molecule has 0 aromatic rings. The fourth-order valence-corrected chi connectivity index (χ4v) is 2.70. The molecule has 0 unspecified atom stereocenters. The molecule has 0 aromatic heterocycles. The molecule has 1 rings (SSSR count). The van der Waals surface area contributed by atoms with E-state index >= 15 is 0 Å². The number of hydrogen-bond donors (Lipinski definition) is 1. The van der Waals surface area contributed by atoms with Crippen LogP contribution in [0.5, 0.6) is 0 Å². The molecule has 1 aliphatic rings. The second kappa shape index (κ2) is 6.97. The van der Waals surface area contributed by atoms with E-state index in [4.69, 9.17) is 4.74 Å². The Hall–Kier alpha value is -0.600. The van der Waals surface area contributed by atoms with E-state index in [-0.39, 0.29) is 18.1 Å². The second-order valence-electron chi connectivity index (χ2n) is 5.10. The molecule has 0 spiro atoms. The molecule has 0 saturated heterocycles. The molecular weight excluding hydrogens is 212 g/mol. The molecular formula is C15H26O2. The van der Waals surface area contributed by atoms with Gasteiger partial charge in [0.25, 0.3) is 0 Å². The standard InChI is InChI=1S/C15H26O2/c1-5-14(11(2)12(3)17-4)15(16)13-9-7-6-8-10-13/h5,12-16H,1-2,6-10H2,3-4H3/t12-,14-,15-/m1/s1. The second-order valence-corrected chi connectivity index (χ2v) is 5.10. The molecule has 0 bridgehead atoms. The Bertz CT molecular complexity index is 254. The van der Waals surface area contributed by atoms with Gasteiger partial charge in [0.1, 0.15) is 0 Å². The summed E-state index contributed by atoms with van der Waals surface area (Å²) in [6, 6.07) is 0. The summed E-state index contributed by atoms with van der Waals surface area (Å²) < 4.78 is 5.27. The van der Waals surface area contributed by atoms with Crippen LogP contribution in [0.3, 0.4) is 0 Å². The summed E-state index contributed by atoms with van der Waals surface area (Å²) >= 11 is 0. The van der Waals surface area contributed by atoms with Crippen molar-refractivity contribution >= 4 is 0 Å². The lowest BCUT2D eigenvalue weighted by Crippen LogP contribution is -2.33. The predicted molar refractivity (Wildman–Crippen MR) is 71.9 cm³/mol. The lowest BCUT2D eigenvalue weighted by atomic mass is 9.77. The number of methoxy groups -OCH3 is 1. The van der Waals surface area contributed by atoms with E-state index in [1.54, 1.807) is 7.11 Å². The maximum Gasteiger partial charge on any atom is 0.0757 e. The topological polar surface area (TPSA) is 29.5 Å². The zero-order valence-corrected chi connectivity index (χ0v) is 11.2. The van der Waals surface area contributed by atoms with E-state index in [1.807, 2.05) is 13.0 Å². The Morgan fingerprint density at radius 2 is 1.94 bits per heavy atom. The van der Waals surface area contributed by atoms with Crippen LogP contribution in [-0.4, -0.2) is 24.4 Å². The Labute approximate surface area is 105 Å². The zero-order valence-electron chi connectivity index (χ0n) is 11.2. The van der Waals surface area contributed by atoms with Crippen LogP contribution in [0.2, 0.25) is 0 Å².